The lowest BCUT2D eigenvalue weighted by atomic mass is 10.2. The standard InChI is InChI=1S/C19H17FN2O2S/c1-13(24-16-9-5-8-15(20)10-16)19(23)21-11-18-22-17(12-25-18)14-6-3-2-4-7-14/h2-10,12-13H,11H2,1H3,(H,21,23). The van der Waals surface area contributed by atoms with E-state index in [9.17, 15) is 9.18 Å². The quantitative estimate of drug-likeness (QED) is 0.725. The zero-order valence-corrected chi connectivity index (χ0v) is 14.4. The molecule has 1 heterocycles. The Balaban J connectivity index is 1.54. The Hall–Kier alpha value is -2.73. The van der Waals surface area contributed by atoms with Crippen LogP contribution in [0.15, 0.2) is 60.0 Å². The molecule has 0 radical (unpaired) electrons. The molecule has 1 aromatic heterocycles. The van der Waals surface area contributed by atoms with Crippen molar-refractivity contribution in [3.8, 4) is 17.0 Å². The maximum atomic E-state index is 13.1. The van der Waals surface area contributed by atoms with Crippen molar-refractivity contribution in [1.82, 2.24) is 10.3 Å². The second-order valence-corrected chi connectivity index (χ2v) is 6.37. The lowest BCUT2D eigenvalue weighted by Gasteiger charge is -2.14. The molecule has 1 amide bonds. The van der Waals surface area contributed by atoms with Crippen LogP contribution in [-0.2, 0) is 11.3 Å². The molecule has 6 heteroatoms. The Morgan fingerprint density at radius 2 is 2.04 bits per heavy atom. The number of carbonyl (C=O) groups is 1. The molecule has 3 aromatic rings. The summed E-state index contributed by atoms with van der Waals surface area (Å²) in [6.45, 7) is 1.95. The predicted octanol–water partition coefficient (Wildman–Crippen LogP) is 4.03. The second-order valence-electron chi connectivity index (χ2n) is 5.43. The summed E-state index contributed by atoms with van der Waals surface area (Å²) in [7, 11) is 0. The minimum atomic E-state index is -0.727. The van der Waals surface area contributed by atoms with Crippen LogP contribution in [0.2, 0.25) is 0 Å². The summed E-state index contributed by atoms with van der Waals surface area (Å²) in [5, 5.41) is 5.56. The van der Waals surface area contributed by atoms with Gasteiger partial charge < -0.3 is 10.1 Å². The van der Waals surface area contributed by atoms with Crippen molar-refractivity contribution >= 4 is 17.2 Å². The molecule has 0 fully saturated rings. The van der Waals surface area contributed by atoms with Crippen molar-refractivity contribution in [3.63, 3.8) is 0 Å². The highest BCUT2D eigenvalue weighted by atomic mass is 32.1. The molecular weight excluding hydrogens is 339 g/mol. The lowest BCUT2D eigenvalue weighted by molar-refractivity contribution is -0.127. The number of hydrogen-bond acceptors (Lipinski definition) is 4. The van der Waals surface area contributed by atoms with Gasteiger partial charge in [0.15, 0.2) is 6.10 Å². The van der Waals surface area contributed by atoms with Gasteiger partial charge in [-0.15, -0.1) is 11.3 Å². The molecule has 25 heavy (non-hydrogen) atoms. The van der Waals surface area contributed by atoms with Crippen LogP contribution in [0.1, 0.15) is 11.9 Å². The zero-order valence-electron chi connectivity index (χ0n) is 13.6. The smallest absolute Gasteiger partial charge is 0.261 e. The molecule has 0 aliphatic rings. The summed E-state index contributed by atoms with van der Waals surface area (Å²) in [5.41, 5.74) is 1.93. The fourth-order valence-electron chi connectivity index (χ4n) is 2.24. The maximum absolute atomic E-state index is 13.1. The number of hydrogen-bond donors (Lipinski definition) is 1. The van der Waals surface area contributed by atoms with E-state index in [-0.39, 0.29) is 5.91 Å². The van der Waals surface area contributed by atoms with Crippen LogP contribution in [-0.4, -0.2) is 17.0 Å². The fraction of sp³-hybridized carbons (Fsp3) is 0.158. The van der Waals surface area contributed by atoms with Gasteiger partial charge in [-0.1, -0.05) is 36.4 Å². The van der Waals surface area contributed by atoms with Gasteiger partial charge in [0.25, 0.3) is 5.91 Å². The Kier molecular flexibility index (Phi) is 5.40. The monoisotopic (exact) mass is 356 g/mol. The number of carbonyl (C=O) groups excluding carboxylic acids is 1. The minimum absolute atomic E-state index is 0.277. The molecule has 0 bridgehead atoms. The molecule has 1 N–H and O–H groups in total. The first-order chi connectivity index (χ1) is 12.1. The topological polar surface area (TPSA) is 51.2 Å². The number of benzene rings is 2. The highest BCUT2D eigenvalue weighted by molar-refractivity contribution is 7.09. The number of amides is 1. The first-order valence-corrected chi connectivity index (χ1v) is 8.69. The molecule has 0 aliphatic carbocycles. The van der Waals surface area contributed by atoms with Crippen molar-refractivity contribution in [3.05, 3.63) is 70.8 Å². The number of nitrogens with one attached hydrogen (secondary N) is 1. The molecule has 0 spiro atoms. The largest absolute Gasteiger partial charge is 0.481 e. The van der Waals surface area contributed by atoms with Gasteiger partial charge in [-0.3, -0.25) is 4.79 Å². The highest BCUT2D eigenvalue weighted by Crippen LogP contribution is 2.21. The third-order valence-corrected chi connectivity index (χ3v) is 4.36. The molecule has 1 unspecified atom stereocenters. The van der Waals surface area contributed by atoms with Gasteiger partial charge in [0, 0.05) is 17.0 Å². The van der Waals surface area contributed by atoms with E-state index in [2.05, 4.69) is 10.3 Å². The first-order valence-electron chi connectivity index (χ1n) is 7.81. The van der Waals surface area contributed by atoms with Gasteiger partial charge in [0.2, 0.25) is 0 Å². The van der Waals surface area contributed by atoms with Crippen LogP contribution in [0.5, 0.6) is 5.75 Å². The Morgan fingerprint density at radius 1 is 1.24 bits per heavy atom. The Labute approximate surface area is 149 Å². The molecule has 4 nitrogen and oxygen atoms in total. The molecule has 0 saturated heterocycles. The van der Waals surface area contributed by atoms with Crippen molar-refractivity contribution in [2.24, 2.45) is 0 Å². The van der Waals surface area contributed by atoms with E-state index in [4.69, 9.17) is 4.74 Å². The minimum Gasteiger partial charge on any atom is -0.481 e. The van der Waals surface area contributed by atoms with Crippen LogP contribution in [0, 0.1) is 5.82 Å². The van der Waals surface area contributed by atoms with Crippen LogP contribution >= 0.6 is 11.3 Å². The second kappa shape index (κ2) is 7.90. The van der Waals surface area contributed by atoms with E-state index in [1.54, 1.807) is 13.0 Å². The number of nitrogens with zero attached hydrogens (tertiary/aromatic N) is 1. The summed E-state index contributed by atoms with van der Waals surface area (Å²) < 4.78 is 18.6. The Bertz CT molecular complexity index is 851. The van der Waals surface area contributed by atoms with E-state index in [1.807, 2.05) is 35.7 Å². The van der Waals surface area contributed by atoms with Crippen molar-refractivity contribution < 1.29 is 13.9 Å². The van der Waals surface area contributed by atoms with Gasteiger partial charge in [0.1, 0.15) is 16.6 Å². The third kappa shape index (κ3) is 4.64. The lowest BCUT2D eigenvalue weighted by Crippen LogP contribution is -2.35. The summed E-state index contributed by atoms with van der Waals surface area (Å²) >= 11 is 1.49. The van der Waals surface area contributed by atoms with Crippen molar-refractivity contribution in [2.75, 3.05) is 0 Å². The average molecular weight is 356 g/mol. The number of halogens is 1. The molecular formula is C19H17FN2O2S. The van der Waals surface area contributed by atoms with Crippen LogP contribution in [0.25, 0.3) is 11.3 Å². The fourth-order valence-corrected chi connectivity index (χ4v) is 2.98. The molecule has 1 atom stereocenters. The molecule has 2 aromatic carbocycles. The van der Waals surface area contributed by atoms with Gasteiger partial charge in [-0.05, 0) is 19.1 Å². The van der Waals surface area contributed by atoms with E-state index >= 15 is 0 Å². The summed E-state index contributed by atoms with van der Waals surface area (Å²) in [4.78, 5) is 16.7. The summed E-state index contributed by atoms with van der Waals surface area (Å²) in [5.74, 6) is -0.356. The van der Waals surface area contributed by atoms with Crippen molar-refractivity contribution in [1.29, 1.82) is 0 Å². The third-order valence-electron chi connectivity index (χ3n) is 3.51. The van der Waals surface area contributed by atoms with E-state index in [0.717, 1.165) is 16.3 Å². The van der Waals surface area contributed by atoms with Gasteiger partial charge in [-0.2, -0.15) is 0 Å². The number of ether oxygens (including phenoxy) is 1. The van der Waals surface area contributed by atoms with Crippen molar-refractivity contribution in [2.45, 2.75) is 19.6 Å². The normalized spacial score (nSPS) is 11.8. The van der Waals surface area contributed by atoms with Gasteiger partial charge in [-0.25, -0.2) is 9.37 Å². The predicted molar refractivity (Wildman–Crippen MR) is 95.9 cm³/mol. The number of thiazole rings is 1. The van der Waals surface area contributed by atoms with Gasteiger partial charge >= 0.3 is 0 Å². The number of aromatic nitrogens is 1. The SMILES string of the molecule is CC(Oc1cccc(F)c1)C(=O)NCc1nc(-c2ccccc2)cs1. The van der Waals surface area contributed by atoms with Crippen LogP contribution in [0.4, 0.5) is 4.39 Å². The maximum Gasteiger partial charge on any atom is 0.261 e. The molecule has 3 rings (SSSR count). The molecule has 128 valence electrons. The zero-order chi connectivity index (χ0) is 17.6. The summed E-state index contributed by atoms with van der Waals surface area (Å²) in [6, 6.07) is 15.6. The summed E-state index contributed by atoms with van der Waals surface area (Å²) in [6.07, 6.45) is -0.727. The molecule has 0 aliphatic heterocycles. The molecule has 0 saturated carbocycles. The average Bonchev–Trinajstić information content (AvgIpc) is 3.09. The van der Waals surface area contributed by atoms with Crippen LogP contribution in [0.3, 0.4) is 0 Å². The Morgan fingerprint density at radius 3 is 2.80 bits per heavy atom. The van der Waals surface area contributed by atoms with E-state index in [0.29, 0.717) is 12.3 Å². The van der Waals surface area contributed by atoms with Gasteiger partial charge in [0.05, 0.1) is 12.2 Å². The van der Waals surface area contributed by atoms with E-state index in [1.165, 1.54) is 29.5 Å². The first kappa shape index (κ1) is 17.1. The van der Waals surface area contributed by atoms with E-state index < -0.39 is 11.9 Å². The number of rotatable bonds is 6. The van der Waals surface area contributed by atoms with Crippen LogP contribution < -0.4 is 10.1 Å². The highest BCUT2D eigenvalue weighted by Gasteiger charge is 2.15.